The summed E-state index contributed by atoms with van der Waals surface area (Å²) >= 11 is 0. The van der Waals surface area contributed by atoms with Crippen molar-refractivity contribution >= 4 is 6.09 Å². The molecule has 1 fully saturated rings. The molecule has 2 heterocycles. The van der Waals surface area contributed by atoms with Crippen molar-refractivity contribution in [2.24, 2.45) is 11.8 Å². The van der Waals surface area contributed by atoms with Crippen LogP contribution in [0.5, 0.6) is 0 Å². The summed E-state index contributed by atoms with van der Waals surface area (Å²) < 4.78 is 0. The molecule has 0 radical (unpaired) electrons. The normalized spacial score (nSPS) is 29.6. The summed E-state index contributed by atoms with van der Waals surface area (Å²) in [6.45, 7) is 0.668. The maximum absolute atomic E-state index is 11.2. The highest BCUT2D eigenvalue weighted by Gasteiger charge is 2.39. The molecule has 0 spiro atoms. The maximum Gasteiger partial charge on any atom is 0.407 e. The molecule has 18 heavy (non-hydrogen) atoms. The van der Waals surface area contributed by atoms with E-state index in [9.17, 15) is 9.90 Å². The van der Waals surface area contributed by atoms with Gasteiger partial charge in [-0.3, -0.25) is 0 Å². The summed E-state index contributed by atoms with van der Waals surface area (Å²) in [6, 6.07) is 10.4. The maximum atomic E-state index is 11.2. The summed E-state index contributed by atoms with van der Waals surface area (Å²) in [5, 5.41) is 9.24. The summed E-state index contributed by atoms with van der Waals surface area (Å²) in [4.78, 5) is 12.8. The first-order valence-corrected chi connectivity index (χ1v) is 6.46. The van der Waals surface area contributed by atoms with Crippen LogP contribution >= 0.6 is 0 Å². The van der Waals surface area contributed by atoms with Gasteiger partial charge in [0.05, 0.1) is 6.04 Å². The second-order valence-electron chi connectivity index (χ2n) is 5.26. The first-order chi connectivity index (χ1) is 8.74. The average Bonchev–Trinajstić information content (AvgIpc) is 2.40. The molecule has 2 aliphatic heterocycles. The Hall–Kier alpha value is -1.77. The van der Waals surface area contributed by atoms with Gasteiger partial charge in [-0.1, -0.05) is 42.5 Å². The number of hydrogen-bond donors (Lipinski definition) is 1. The van der Waals surface area contributed by atoms with Crippen molar-refractivity contribution < 1.29 is 9.90 Å². The highest BCUT2D eigenvalue weighted by molar-refractivity contribution is 5.66. The Morgan fingerprint density at radius 2 is 2.06 bits per heavy atom. The van der Waals surface area contributed by atoms with Crippen LogP contribution in [0.25, 0.3) is 0 Å². The standard InChI is InChI=1S/C15H17NO2/c17-15(18)16-10-12-6-7-14(16)13(9-12)8-11-4-2-1-3-5-11/h1-7,12-14H,8-10H2,(H,17,18). The third-order valence-corrected chi connectivity index (χ3v) is 4.05. The Kier molecular flexibility index (Phi) is 2.82. The van der Waals surface area contributed by atoms with Gasteiger partial charge in [0.25, 0.3) is 0 Å². The van der Waals surface area contributed by atoms with Crippen molar-refractivity contribution in [2.45, 2.75) is 18.9 Å². The number of hydrogen-bond acceptors (Lipinski definition) is 1. The Morgan fingerprint density at radius 1 is 1.28 bits per heavy atom. The highest BCUT2D eigenvalue weighted by Crippen LogP contribution is 2.36. The molecule has 1 aliphatic carbocycles. The van der Waals surface area contributed by atoms with E-state index in [1.54, 1.807) is 4.90 Å². The zero-order chi connectivity index (χ0) is 12.5. The van der Waals surface area contributed by atoms with E-state index in [-0.39, 0.29) is 6.04 Å². The molecule has 1 aromatic carbocycles. The van der Waals surface area contributed by atoms with Crippen LogP contribution in [0.4, 0.5) is 4.79 Å². The third-order valence-electron chi connectivity index (χ3n) is 4.05. The van der Waals surface area contributed by atoms with E-state index in [1.807, 2.05) is 18.2 Å². The van der Waals surface area contributed by atoms with Crippen molar-refractivity contribution in [1.82, 2.24) is 4.90 Å². The minimum atomic E-state index is -0.785. The third kappa shape index (κ3) is 2.01. The van der Waals surface area contributed by atoms with Crippen LogP contribution in [0.3, 0.4) is 0 Å². The van der Waals surface area contributed by atoms with E-state index in [1.165, 1.54) is 5.56 Å². The molecule has 3 atom stereocenters. The summed E-state index contributed by atoms with van der Waals surface area (Å²) in [5.74, 6) is 0.826. The molecule has 3 heteroatoms. The van der Waals surface area contributed by atoms with Gasteiger partial charge in [-0.2, -0.15) is 0 Å². The first kappa shape index (κ1) is 11.3. The van der Waals surface area contributed by atoms with Crippen molar-refractivity contribution in [3.05, 3.63) is 48.0 Å². The summed E-state index contributed by atoms with van der Waals surface area (Å²) in [7, 11) is 0. The Morgan fingerprint density at radius 3 is 2.72 bits per heavy atom. The molecule has 1 N–H and O–H groups in total. The minimum absolute atomic E-state index is 0.0627. The lowest BCUT2D eigenvalue weighted by Crippen LogP contribution is -2.53. The van der Waals surface area contributed by atoms with Crippen LogP contribution in [0.15, 0.2) is 42.5 Å². The molecule has 3 nitrogen and oxygen atoms in total. The number of fused-ring (bicyclic) bond motifs is 2. The highest BCUT2D eigenvalue weighted by atomic mass is 16.4. The predicted molar refractivity (Wildman–Crippen MR) is 69.4 cm³/mol. The zero-order valence-corrected chi connectivity index (χ0v) is 10.2. The molecular weight excluding hydrogens is 226 g/mol. The molecule has 94 valence electrons. The van der Waals surface area contributed by atoms with Gasteiger partial charge in [-0.05, 0) is 30.2 Å². The molecule has 1 aromatic rings. The first-order valence-electron chi connectivity index (χ1n) is 6.46. The number of carboxylic acid groups (broad SMARTS) is 1. The molecule has 3 unspecified atom stereocenters. The predicted octanol–water partition coefficient (Wildman–Crippen LogP) is 2.78. The zero-order valence-electron chi connectivity index (χ0n) is 10.2. The van der Waals surface area contributed by atoms with Crippen LogP contribution in [0.2, 0.25) is 0 Å². The van der Waals surface area contributed by atoms with Gasteiger partial charge in [0.15, 0.2) is 0 Å². The molecule has 0 saturated carbocycles. The Labute approximate surface area is 107 Å². The molecule has 3 aliphatic rings. The fourth-order valence-electron chi connectivity index (χ4n) is 3.23. The second kappa shape index (κ2) is 4.48. The number of benzene rings is 1. The van der Waals surface area contributed by atoms with Gasteiger partial charge >= 0.3 is 6.09 Å². The average molecular weight is 243 g/mol. The fraction of sp³-hybridized carbons (Fsp3) is 0.400. The van der Waals surface area contributed by atoms with Crippen molar-refractivity contribution in [1.29, 1.82) is 0 Å². The lowest BCUT2D eigenvalue weighted by Gasteiger charge is -2.45. The molecule has 0 aromatic heterocycles. The topological polar surface area (TPSA) is 40.5 Å². The van der Waals surface area contributed by atoms with Gasteiger partial charge in [-0.25, -0.2) is 4.79 Å². The van der Waals surface area contributed by atoms with Gasteiger partial charge in [0, 0.05) is 6.54 Å². The quantitative estimate of drug-likeness (QED) is 0.811. The molecule has 4 rings (SSSR count). The number of amides is 1. The van der Waals surface area contributed by atoms with Crippen LogP contribution < -0.4 is 0 Å². The summed E-state index contributed by atoms with van der Waals surface area (Å²) in [5.41, 5.74) is 1.30. The second-order valence-corrected chi connectivity index (χ2v) is 5.26. The van der Waals surface area contributed by atoms with Crippen LogP contribution in [0.1, 0.15) is 12.0 Å². The molecule has 1 saturated heterocycles. The number of carbonyl (C=O) groups is 1. The lowest BCUT2D eigenvalue weighted by atomic mass is 9.75. The number of rotatable bonds is 2. The van der Waals surface area contributed by atoms with Crippen LogP contribution in [0, 0.1) is 11.8 Å². The number of piperidine rings is 1. The van der Waals surface area contributed by atoms with Crippen molar-refractivity contribution in [3.63, 3.8) is 0 Å². The van der Waals surface area contributed by atoms with E-state index in [2.05, 4.69) is 24.3 Å². The van der Waals surface area contributed by atoms with Crippen molar-refractivity contribution in [3.8, 4) is 0 Å². The SMILES string of the molecule is O=C(O)N1CC2C=CC1C(Cc1ccccc1)C2. The molecule has 2 bridgehead atoms. The van der Waals surface area contributed by atoms with Crippen LogP contribution in [-0.2, 0) is 6.42 Å². The van der Waals surface area contributed by atoms with Crippen molar-refractivity contribution in [2.75, 3.05) is 6.54 Å². The van der Waals surface area contributed by atoms with Gasteiger partial charge < -0.3 is 10.0 Å². The molecule has 1 amide bonds. The fourth-order valence-corrected chi connectivity index (χ4v) is 3.23. The van der Waals surface area contributed by atoms with E-state index >= 15 is 0 Å². The monoisotopic (exact) mass is 243 g/mol. The summed E-state index contributed by atoms with van der Waals surface area (Å²) in [6.07, 6.45) is 5.56. The number of nitrogens with zero attached hydrogens (tertiary/aromatic N) is 1. The Bertz CT molecular complexity index is 469. The lowest BCUT2D eigenvalue weighted by molar-refractivity contribution is 0.0728. The largest absolute Gasteiger partial charge is 0.465 e. The van der Waals surface area contributed by atoms with E-state index in [0.29, 0.717) is 18.4 Å². The van der Waals surface area contributed by atoms with E-state index in [0.717, 1.165) is 12.8 Å². The van der Waals surface area contributed by atoms with E-state index in [4.69, 9.17) is 0 Å². The molecular formula is C15H17NO2. The van der Waals surface area contributed by atoms with Gasteiger partial charge in [0.2, 0.25) is 0 Å². The minimum Gasteiger partial charge on any atom is -0.465 e. The van der Waals surface area contributed by atoms with Gasteiger partial charge in [0.1, 0.15) is 0 Å². The van der Waals surface area contributed by atoms with Gasteiger partial charge in [-0.15, -0.1) is 0 Å². The van der Waals surface area contributed by atoms with E-state index < -0.39 is 6.09 Å². The Balaban J connectivity index is 1.78. The van der Waals surface area contributed by atoms with Crippen LogP contribution in [-0.4, -0.2) is 28.7 Å². The smallest absolute Gasteiger partial charge is 0.407 e.